The van der Waals surface area contributed by atoms with E-state index in [9.17, 15) is 9.90 Å². The number of carbonyl (C=O) groups is 1. The lowest BCUT2D eigenvalue weighted by Gasteiger charge is -2.13. The highest BCUT2D eigenvalue weighted by Gasteiger charge is 2.07. The number of nitrogens with two attached hydrogens (primary N) is 1. The normalized spacial score (nSPS) is 13.1. The van der Waals surface area contributed by atoms with Crippen molar-refractivity contribution in [3.05, 3.63) is 0 Å². The Hall–Kier alpha value is -0.770. The monoisotopic (exact) mass is 160 g/mol. The van der Waals surface area contributed by atoms with Crippen LogP contribution in [0.2, 0.25) is 0 Å². The quantitative estimate of drug-likeness (QED) is 0.544. The molecule has 0 spiro atoms. The van der Waals surface area contributed by atoms with Crippen LogP contribution in [0.5, 0.6) is 0 Å². The highest BCUT2D eigenvalue weighted by atomic mass is 16.3. The predicted octanol–water partition coefficient (Wildman–Crippen LogP) is 0.0617. The Bertz CT molecular complexity index is 126. The molecule has 0 aliphatic carbocycles. The van der Waals surface area contributed by atoms with Crippen molar-refractivity contribution in [2.75, 3.05) is 6.54 Å². The first kappa shape index (κ1) is 10.2. The zero-order chi connectivity index (χ0) is 8.85. The van der Waals surface area contributed by atoms with Gasteiger partial charge < -0.3 is 16.2 Å². The highest BCUT2D eigenvalue weighted by molar-refractivity contribution is 5.71. The van der Waals surface area contributed by atoms with E-state index in [0.29, 0.717) is 13.0 Å². The van der Waals surface area contributed by atoms with Gasteiger partial charge >= 0.3 is 6.03 Å². The first-order chi connectivity index (χ1) is 5.04. The third-order valence-electron chi connectivity index (χ3n) is 1.51. The van der Waals surface area contributed by atoms with Crippen molar-refractivity contribution in [2.45, 2.75) is 26.4 Å². The van der Waals surface area contributed by atoms with Crippen LogP contribution in [0.4, 0.5) is 4.79 Å². The van der Waals surface area contributed by atoms with Gasteiger partial charge in [0, 0.05) is 6.54 Å². The fourth-order valence-corrected chi connectivity index (χ4v) is 0.677. The SMILES string of the molecule is CC(C)C(O)CCNC(N)=O. The molecular weight excluding hydrogens is 144 g/mol. The van der Waals surface area contributed by atoms with Gasteiger partial charge in [0.2, 0.25) is 0 Å². The van der Waals surface area contributed by atoms with Gasteiger partial charge in [0.25, 0.3) is 0 Å². The second kappa shape index (κ2) is 4.96. The molecule has 0 fully saturated rings. The van der Waals surface area contributed by atoms with Crippen molar-refractivity contribution >= 4 is 6.03 Å². The van der Waals surface area contributed by atoms with E-state index in [1.165, 1.54) is 0 Å². The molecule has 0 aliphatic heterocycles. The van der Waals surface area contributed by atoms with E-state index in [1.54, 1.807) is 0 Å². The summed E-state index contributed by atoms with van der Waals surface area (Å²) in [4.78, 5) is 10.2. The average Bonchev–Trinajstić information content (AvgIpc) is 1.86. The first-order valence-corrected chi connectivity index (χ1v) is 3.75. The largest absolute Gasteiger partial charge is 0.393 e. The molecule has 0 saturated heterocycles. The molecule has 4 nitrogen and oxygen atoms in total. The molecule has 0 heterocycles. The van der Waals surface area contributed by atoms with Crippen LogP contribution in [0.15, 0.2) is 0 Å². The molecule has 4 heteroatoms. The standard InChI is InChI=1S/C7H16N2O2/c1-5(2)6(10)3-4-9-7(8)11/h5-6,10H,3-4H2,1-2H3,(H3,8,9,11). The maximum absolute atomic E-state index is 10.2. The maximum atomic E-state index is 10.2. The van der Waals surface area contributed by atoms with Gasteiger partial charge in [-0.25, -0.2) is 4.79 Å². The maximum Gasteiger partial charge on any atom is 0.312 e. The summed E-state index contributed by atoms with van der Waals surface area (Å²) in [6, 6.07) is -0.541. The van der Waals surface area contributed by atoms with Gasteiger partial charge in [-0.2, -0.15) is 0 Å². The van der Waals surface area contributed by atoms with E-state index >= 15 is 0 Å². The third-order valence-corrected chi connectivity index (χ3v) is 1.51. The van der Waals surface area contributed by atoms with Crippen LogP contribution in [-0.2, 0) is 0 Å². The van der Waals surface area contributed by atoms with Crippen molar-refractivity contribution < 1.29 is 9.90 Å². The molecule has 1 unspecified atom stereocenters. The Morgan fingerprint density at radius 2 is 2.18 bits per heavy atom. The molecule has 11 heavy (non-hydrogen) atoms. The van der Waals surface area contributed by atoms with Crippen LogP contribution in [0.1, 0.15) is 20.3 Å². The fraction of sp³-hybridized carbons (Fsp3) is 0.857. The van der Waals surface area contributed by atoms with Gasteiger partial charge in [-0.05, 0) is 12.3 Å². The van der Waals surface area contributed by atoms with Crippen LogP contribution in [-0.4, -0.2) is 23.8 Å². The lowest BCUT2D eigenvalue weighted by molar-refractivity contribution is 0.117. The highest BCUT2D eigenvalue weighted by Crippen LogP contribution is 2.03. The Morgan fingerprint density at radius 1 is 1.64 bits per heavy atom. The van der Waals surface area contributed by atoms with E-state index in [4.69, 9.17) is 5.73 Å². The van der Waals surface area contributed by atoms with Crippen molar-refractivity contribution in [1.29, 1.82) is 0 Å². The topological polar surface area (TPSA) is 75.3 Å². The number of carbonyl (C=O) groups excluding carboxylic acids is 1. The lowest BCUT2D eigenvalue weighted by Crippen LogP contribution is -2.32. The molecule has 0 rings (SSSR count). The molecule has 0 saturated carbocycles. The Morgan fingerprint density at radius 3 is 2.55 bits per heavy atom. The summed E-state index contributed by atoms with van der Waals surface area (Å²) >= 11 is 0. The van der Waals surface area contributed by atoms with E-state index in [2.05, 4.69) is 5.32 Å². The summed E-state index contributed by atoms with van der Waals surface area (Å²) in [5, 5.41) is 11.7. The van der Waals surface area contributed by atoms with Crippen LogP contribution in [0.25, 0.3) is 0 Å². The van der Waals surface area contributed by atoms with E-state index in [0.717, 1.165) is 0 Å². The fourth-order valence-electron chi connectivity index (χ4n) is 0.677. The van der Waals surface area contributed by atoms with Gasteiger partial charge in [-0.15, -0.1) is 0 Å². The molecule has 0 aromatic heterocycles. The Balaban J connectivity index is 3.31. The summed E-state index contributed by atoms with van der Waals surface area (Å²) in [5.41, 5.74) is 4.82. The minimum atomic E-state index is -0.541. The van der Waals surface area contributed by atoms with Gasteiger partial charge in [-0.1, -0.05) is 13.8 Å². The van der Waals surface area contributed by atoms with Crippen LogP contribution < -0.4 is 11.1 Å². The van der Waals surface area contributed by atoms with Crippen LogP contribution in [0.3, 0.4) is 0 Å². The van der Waals surface area contributed by atoms with Gasteiger partial charge in [0.1, 0.15) is 0 Å². The van der Waals surface area contributed by atoms with E-state index < -0.39 is 6.03 Å². The second-order valence-corrected chi connectivity index (χ2v) is 2.89. The number of hydrogen-bond donors (Lipinski definition) is 3. The summed E-state index contributed by atoms with van der Waals surface area (Å²) in [6.45, 7) is 4.29. The summed E-state index contributed by atoms with van der Waals surface area (Å²) in [6.07, 6.45) is 0.197. The number of amides is 2. The number of aliphatic hydroxyl groups excluding tert-OH is 1. The van der Waals surface area contributed by atoms with E-state index in [1.807, 2.05) is 13.8 Å². The molecule has 0 aromatic carbocycles. The molecule has 2 amide bonds. The van der Waals surface area contributed by atoms with Crippen molar-refractivity contribution in [3.63, 3.8) is 0 Å². The molecule has 1 atom stereocenters. The summed E-state index contributed by atoms with van der Waals surface area (Å²) < 4.78 is 0. The molecule has 0 aliphatic rings. The molecule has 0 radical (unpaired) electrons. The molecule has 66 valence electrons. The minimum absolute atomic E-state index is 0.227. The first-order valence-electron chi connectivity index (χ1n) is 3.75. The molecule has 4 N–H and O–H groups in total. The number of nitrogens with one attached hydrogen (secondary N) is 1. The molecular formula is C7H16N2O2. The van der Waals surface area contributed by atoms with Gasteiger partial charge in [0.15, 0.2) is 0 Å². The van der Waals surface area contributed by atoms with Gasteiger partial charge in [-0.3, -0.25) is 0 Å². The number of primary amides is 1. The third kappa shape index (κ3) is 5.66. The number of aliphatic hydroxyl groups is 1. The van der Waals surface area contributed by atoms with Gasteiger partial charge in [0.05, 0.1) is 6.10 Å². The minimum Gasteiger partial charge on any atom is -0.393 e. The number of hydrogen-bond acceptors (Lipinski definition) is 2. The Labute approximate surface area is 66.8 Å². The second-order valence-electron chi connectivity index (χ2n) is 2.89. The molecule has 0 bridgehead atoms. The predicted molar refractivity (Wildman–Crippen MR) is 43.0 cm³/mol. The average molecular weight is 160 g/mol. The number of rotatable bonds is 4. The molecule has 0 aromatic rings. The lowest BCUT2D eigenvalue weighted by atomic mass is 10.0. The van der Waals surface area contributed by atoms with Crippen molar-refractivity contribution in [2.24, 2.45) is 11.7 Å². The van der Waals surface area contributed by atoms with Crippen LogP contribution >= 0.6 is 0 Å². The van der Waals surface area contributed by atoms with Crippen molar-refractivity contribution in [1.82, 2.24) is 5.32 Å². The zero-order valence-corrected chi connectivity index (χ0v) is 7.00. The zero-order valence-electron chi connectivity index (χ0n) is 7.00. The van der Waals surface area contributed by atoms with Crippen molar-refractivity contribution in [3.8, 4) is 0 Å². The number of urea groups is 1. The summed E-state index contributed by atoms with van der Waals surface area (Å²) in [7, 11) is 0. The van der Waals surface area contributed by atoms with E-state index in [-0.39, 0.29) is 12.0 Å². The summed E-state index contributed by atoms with van der Waals surface area (Å²) in [5.74, 6) is 0.227. The van der Waals surface area contributed by atoms with Crippen LogP contribution in [0, 0.1) is 5.92 Å². The Kier molecular flexibility index (Phi) is 4.61. The smallest absolute Gasteiger partial charge is 0.312 e.